The van der Waals surface area contributed by atoms with Gasteiger partial charge in [0.2, 0.25) is 11.8 Å². The van der Waals surface area contributed by atoms with Gasteiger partial charge < -0.3 is 16.0 Å². The lowest BCUT2D eigenvalue weighted by Crippen LogP contribution is -2.54. The highest BCUT2D eigenvalue weighted by Crippen LogP contribution is 2.26. The van der Waals surface area contributed by atoms with Crippen molar-refractivity contribution in [3.63, 3.8) is 0 Å². The lowest BCUT2D eigenvalue weighted by atomic mass is 9.98. The van der Waals surface area contributed by atoms with E-state index < -0.39 is 6.04 Å². The van der Waals surface area contributed by atoms with E-state index in [-0.39, 0.29) is 24.3 Å². The number of hydrogen-bond acceptors (Lipinski definition) is 3. The number of hydrogen-bond donors (Lipinski definition) is 3. The number of nitrogens with one attached hydrogen (secondary N) is 3. The van der Waals surface area contributed by atoms with E-state index in [4.69, 9.17) is 23.2 Å². The van der Waals surface area contributed by atoms with Crippen LogP contribution < -0.4 is 16.0 Å². The highest BCUT2D eigenvalue weighted by molar-refractivity contribution is 6.30. The van der Waals surface area contributed by atoms with E-state index in [0.29, 0.717) is 28.5 Å². The number of benzene rings is 2. The van der Waals surface area contributed by atoms with E-state index in [9.17, 15) is 9.59 Å². The highest BCUT2D eigenvalue weighted by Gasteiger charge is 2.35. The Morgan fingerprint density at radius 1 is 0.903 bits per heavy atom. The molecule has 2 aliphatic heterocycles. The van der Waals surface area contributed by atoms with E-state index in [1.165, 1.54) is 12.8 Å². The average molecular weight is 460 g/mol. The molecule has 5 nitrogen and oxygen atoms in total. The maximum absolute atomic E-state index is 13.2. The standard InChI is InChI=1S/C24H27Cl2N3O2/c25-17-5-1-15(2-6-17)11-22(29-23(30)12-16-3-7-18(26)8-4-16)24(31)28-21-13-19-9-10-20(14-21)27-19/h1-8,19-22,27H,9-14H2,(H,28,31)(H,29,30). The van der Waals surface area contributed by atoms with Crippen molar-refractivity contribution in [1.82, 2.24) is 16.0 Å². The van der Waals surface area contributed by atoms with Crippen molar-refractivity contribution < 1.29 is 9.59 Å². The first-order valence-corrected chi connectivity index (χ1v) is 11.5. The fourth-order valence-electron chi connectivity index (χ4n) is 4.58. The van der Waals surface area contributed by atoms with Crippen molar-refractivity contribution in [3.05, 3.63) is 69.7 Å². The molecule has 2 fully saturated rings. The Morgan fingerprint density at radius 2 is 1.45 bits per heavy atom. The molecule has 3 N–H and O–H groups in total. The number of piperidine rings is 1. The van der Waals surface area contributed by atoms with Crippen LogP contribution in [0.1, 0.15) is 36.8 Å². The molecule has 0 aliphatic carbocycles. The summed E-state index contributed by atoms with van der Waals surface area (Å²) in [6.07, 6.45) is 4.82. The smallest absolute Gasteiger partial charge is 0.243 e. The molecule has 2 aromatic rings. The minimum atomic E-state index is -0.645. The molecule has 2 saturated heterocycles. The van der Waals surface area contributed by atoms with E-state index in [1.807, 2.05) is 24.3 Å². The molecular weight excluding hydrogens is 433 g/mol. The predicted octanol–water partition coefficient (Wildman–Crippen LogP) is 3.66. The van der Waals surface area contributed by atoms with Crippen molar-refractivity contribution in [2.24, 2.45) is 0 Å². The van der Waals surface area contributed by atoms with Crippen LogP contribution in [-0.2, 0) is 22.4 Å². The molecule has 0 spiro atoms. The molecule has 3 unspecified atom stereocenters. The van der Waals surface area contributed by atoms with Crippen LogP contribution in [0.4, 0.5) is 0 Å². The Hall–Kier alpha value is -2.08. The Morgan fingerprint density at radius 3 is 2.03 bits per heavy atom. The second-order valence-corrected chi connectivity index (χ2v) is 9.44. The Kier molecular flexibility index (Phi) is 7.16. The van der Waals surface area contributed by atoms with Crippen LogP contribution in [0.5, 0.6) is 0 Å². The average Bonchev–Trinajstić information content (AvgIpc) is 3.09. The van der Waals surface area contributed by atoms with Crippen LogP contribution in [0, 0.1) is 0 Å². The van der Waals surface area contributed by atoms with Gasteiger partial charge in [-0.3, -0.25) is 9.59 Å². The molecule has 3 atom stereocenters. The van der Waals surface area contributed by atoms with Gasteiger partial charge in [-0.1, -0.05) is 47.5 Å². The molecule has 2 aromatic carbocycles. The van der Waals surface area contributed by atoms with Gasteiger partial charge >= 0.3 is 0 Å². The summed E-state index contributed by atoms with van der Waals surface area (Å²) in [5.74, 6) is -0.326. The summed E-state index contributed by atoms with van der Waals surface area (Å²) in [6, 6.07) is 15.0. The van der Waals surface area contributed by atoms with Gasteiger partial charge in [-0.05, 0) is 61.1 Å². The van der Waals surface area contributed by atoms with E-state index in [0.717, 1.165) is 24.0 Å². The van der Waals surface area contributed by atoms with Gasteiger partial charge in [0.25, 0.3) is 0 Å². The molecule has 0 radical (unpaired) electrons. The van der Waals surface area contributed by atoms with E-state index in [2.05, 4.69) is 16.0 Å². The minimum Gasteiger partial charge on any atom is -0.351 e. The molecule has 2 amide bonds. The topological polar surface area (TPSA) is 70.2 Å². The Balaban J connectivity index is 1.42. The van der Waals surface area contributed by atoms with Crippen LogP contribution in [0.15, 0.2) is 48.5 Å². The van der Waals surface area contributed by atoms with Crippen LogP contribution in [0.2, 0.25) is 10.0 Å². The van der Waals surface area contributed by atoms with Crippen LogP contribution >= 0.6 is 23.2 Å². The number of carbonyl (C=O) groups is 2. The SMILES string of the molecule is O=C(Cc1ccc(Cl)cc1)NC(Cc1ccc(Cl)cc1)C(=O)NC1CC2CCC(C1)N2. The van der Waals surface area contributed by atoms with Crippen LogP contribution in [0.25, 0.3) is 0 Å². The maximum Gasteiger partial charge on any atom is 0.243 e. The minimum absolute atomic E-state index is 0.134. The third-order valence-electron chi connectivity index (χ3n) is 6.10. The van der Waals surface area contributed by atoms with Gasteiger partial charge in [-0.2, -0.15) is 0 Å². The van der Waals surface area contributed by atoms with Gasteiger partial charge in [-0.25, -0.2) is 0 Å². The molecule has 7 heteroatoms. The lowest BCUT2D eigenvalue weighted by Gasteiger charge is -2.31. The van der Waals surface area contributed by atoms with E-state index in [1.54, 1.807) is 24.3 Å². The molecule has 31 heavy (non-hydrogen) atoms. The summed E-state index contributed by atoms with van der Waals surface area (Å²) in [5.41, 5.74) is 1.80. The fourth-order valence-corrected chi connectivity index (χ4v) is 4.83. The summed E-state index contributed by atoms with van der Waals surface area (Å²) in [4.78, 5) is 25.9. The summed E-state index contributed by atoms with van der Waals surface area (Å²) in [6.45, 7) is 0. The van der Waals surface area contributed by atoms with Crippen LogP contribution in [-0.4, -0.2) is 36.0 Å². The zero-order valence-corrected chi connectivity index (χ0v) is 18.8. The number of amides is 2. The number of rotatable bonds is 7. The second-order valence-electron chi connectivity index (χ2n) is 8.57. The Bertz CT molecular complexity index is 905. The molecule has 0 saturated carbocycles. The number of halogens is 2. The lowest BCUT2D eigenvalue weighted by molar-refractivity contribution is -0.129. The van der Waals surface area contributed by atoms with Gasteiger partial charge in [0.15, 0.2) is 0 Å². The maximum atomic E-state index is 13.2. The van der Waals surface area contributed by atoms with Gasteiger partial charge in [-0.15, -0.1) is 0 Å². The number of carbonyl (C=O) groups excluding carboxylic acids is 2. The zero-order valence-electron chi connectivity index (χ0n) is 17.2. The highest BCUT2D eigenvalue weighted by atomic mass is 35.5. The third kappa shape index (κ3) is 6.22. The summed E-state index contributed by atoms with van der Waals surface area (Å²) < 4.78 is 0. The second kappa shape index (κ2) is 10.0. The summed E-state index contributed by atoms with van der Waals surface area (Å²) in [5, 5.41) is 11.0. The largest absolute Gasteiger partial charge is 0.351 e. The quantitative estimate of drug-likeness (QED) is 0.591. The molecule has 0 aromatic heterocycles. The summed E-state index contributed by atoms with van der Waals surface area (Å²) in [7, 11) is 0. The van der Waals surface area contributed by atoms with Crippen molar-refractivity contribution in [3.8, 4) is 0 Å². The normalized spacial score (nSPS) is 23.2. The molecule has 164 valence electrons. The van der Waals surface area contributed by atoms with Crippen LogP contribution in [0.3, 0.4) is 0 Å². The van der Waals surface area contributed by atoms with Gasteiger partial charge in [0.05, 0.1) is 6.42 Å². The van der Waals surface area contributed by atoms with Crippen molar-refractivity contribution in [2.45, 2.75) is 62.7 Å². The predicted molar refractivity (Wildman–Crippen MR) is 123 cm³/mol. The van der Waals surface area contributed by atoms with Crippen molar-refractivity contribution >= 4 is 35.0 Å². The first-order chi connectivity index (χ1) is 14.9. The zero-order chi connectivity index (χ0) is 21.8. The Labute approximate surface area is 192 Å². The third-order valence-corrected chi connectivity index (χ3v) is 6.61. The molecule has 2 aliphatic rings. The van der Waals surface area contributed by atoms with E-state index >= 15 is 0 Å². The summed E-state index contributed by atoms with van der Waals surface area (Å²) >= 11 is 11.9. The molecular formula is C24H27Cl2N3O2. The molecule has 4 rings (SSSR count). The van der Waals surface area contributed by atoms with Crippen molar-refractivity contribution in [1.29, 1.82) is 0 Å². The van der Waals surface area contributed by atoms with Gasteiger partial charge in [0, 0.05) is 34.6 Å². The van der Waals surface area contributed by atoms with Gasteiger partial charge in [0.1, 0.15) is 6.04 Å². The first-order valence-electron chi connectivity index (χ1n) is 10.8. The molecule has 2 bridgehead atoms. The fraction of sp³-hybridized carbons (Fsp3) is 0.417. The monoisotopic (exact) mass is 459 g/mol. The first kappa shape index (κ1) is 22.1. The molecule has 2 heterocycles. The number of fused-ring (bicyclic) bond motifs is 2. The van der Waals surface area contributed by atoms with Crippen molar-refractivity contribution in [2.75, 3.05) is 0 Å².